The molecule has 0 unspecified atom stereocenters. The standard InChI is InChI=1S/C10H11NO2/c1-13-10(12)6-2-4-9-5-3-7-11-8-9/h2-3,5-8H,4H2,1H3. The molecular formula is C10H11NO2. The minimum absolute atomic E-state index is 0.330. The summed E-state index contributed by atoms with van der Waals surface area (Å²) in [5.41, 5.74) is 1.07. The van der Waals surface area contributed by atoms with Crippen molar-refractivity contribution in [2.24, 2.45) is 0 Å². The summed E-state index contributed by atoms with van der Waals surface area (Å²) < 4.78 is 4.45. The predicted molar refractivity (Wildman–Crippen MR) is 49.1 cm³/mol. The molecule has 13 heavy (non-hydrogen) atoms. The van der Waals surface area contributed by atoms with Crippen LogP contribution in [0.4, 0.5) is 0 Å². The summed E-state index contributed by atoms with van der Waals surface area (Å²) in [6, 6.07) is 3.82. The molecular weight excluding hydrogens is 166 g/mol. The van der Waals surface area contributed by atoms with Crippen molar-refractivity contribution in [3.8, 4) is 0 Å². The second-order valence-electron chi connectivity index (χ2n) is 2.49. The van der Waals surface area contributed by atoms with Crippen LogP contribution in [0.1, 0.15) is 5.56 Å². The molecule has 0 N–H and O–H groups in total. The van der Waals surface area contributed by atoms with Gasteiger partial charge in [0.1, 0.15) is 0 Å². The highest BCUT2D eigenvalue weighted by atomic mass is 16.5. The van der Waals surface area contributed by atoms with Crippen LogP contribution in [0.2, 0.25) is 0 Å². The number of esters is 1. The van der Waals surface area contributed by atoms with Crippen molar-refractivity contribution in [2.45, 2.75) is 6.42 Å². The van der Waals surface area contributed by atoms with Crippen LogP contribution in [-0.2, 0) is 16.0 Å². The minimum atomic E-state index is -0.330. The minimum Gasteiger partial charge on any atom is -0.466 e. The molecule has 0 radical (unpaired) electrons. The lowest BCUT2D eigenvalue weighted by atomic mass is 10.2. The summed E-state index contributed by atoms with van der Waals surface area (Å²) in [6.07, 6.45) is 7.34. The second-order valence-corrected chi connectivity index (χ2v) is 2.49. The number of rotatable bonds is 3. The summed E-state index contributed by atoms with van der Waals surface area (Å²) in [5.74, 6) is -0.330. The van der Waals surface area contributed by atoms with Gasteiger partial charge in [0.25, 0.3) is 0 Å². The van der Waals surface area contributed by atoms with Crippen molar-refractivity contribution in [1.82, 2.24) is 4.98 Å². The van der Waals surface area contributed by atoms with Gasteiger partial charge in [0.05, 0.1) is 7.11 Å². The van der Waals surface area contributed by atoms with Gasteiger partial charge >= 0.3 is 5.97 Å². The normalized spacial score (nSPS) is 10.2. The Kier molecular flexibility index (Phi) is 3.70. The van der Waals surface area contributed by atoms with E-state index in [4.69, 9.17) is 0 Å². The van der Waals surface area contributed by atoms with E-state index < -0.39 is 0 Å². The first-order valence-corrected chi connectivity index (χ1v) is 3.96. The molecule has 0 spiro atoms. The molecule has 0 amide bonds. The van der Waals surface area contributed by atoms with Crippen molar-refractivity contribution < 1.29 is 9.53 Å². The van der Waals surface area contributed by atoms with Crippen LogP contribution >= 0.6 is 0 Å². The first kappa shape index (κ1) is 9.45. The highest BCUT2D eigenvalue weighted by Crippen LogP contribution is 1.97. The van der Waals surface area contributed by atoms with Gasteiger partial charge < -0.3 is 4.74 Å². The predicted octanol–water partition coefficient (Wildman–Crippen LogP) is 1.35. The first-order chi connectivity index (χ1) is 6.33. The molecule has 3 nitrogen and oxygen atoms in total. The topological polar surface area (TPSA) is 39.2 Å². The van der Waals surface area contributed by atoms with E-state index in [2.05, 4.69) is 9.72 Å². The number of aromatic nitrogens is 1. The molecule has 0 aromatic carbocycles. The molecule has 0 saturated heterocycles. The fourth-order valence-electron chi connectivity index (χ4n) is 0.878. The number of allylic oxidation sites excluding steroid dienone is 1. The fraction of sp³-hybridized carbons (Fsp3) is 0.200. The van der Waals surface area contributed by atoms with E-state index in [1.807, 2.05) is 12.1 Å². The smallest absolute Gasteiger partial charge is 0.330 e. The van der Waals surface area contributed by atoms with E-state index in [0.29, 0.717) is 6.42 Å². The number of hydrogen-bond acceptors (Lipinski definition) is 3. The Morgan fingerprint density at radius 1 is 1.69 bits per heavy atom. The SMILES string of the molecule is COC(=O)C=CCc1cccnc1. The van der Waals surface area contributed by atoms with Gasteiger partial charge in [-0.25, -0.2) is 4.79 Å². The van der Waals surface area contributed by atoms with E-state index in [-0.39, 0.29) is 5.97 Å². The molecule has 0 aliphatic rings. The molecule has 68 valence electrons. The van der Waals surface area contributed by atoms with Crippen molar-refractivity contribution in [2.75, 3.05) is 7.11 Å². The molecule has 0 fully saturated rings. The number of ether oxygens (including phenoxy) is 1. The van der Waals surface area contributed by atoms with Crippen molar-refractivity contribution >= 4 is 5.97 Å². The summed E-state index contributed by atoms with van der Waals surface area (Å²) in [4.78, 5) is 14.6. The average molecular weight is 177 g/mol. The van der Waals surface area contributed by atoms with Crippen LogP contribution in [-0.4, -0.2) is 18.1 Å². The molecule has 0 aliphatic heterocycles. The lowest BCUT2D eigenvalue weighted by Gasteiger charge is -1.93. The summed E-state index contributed by atoms with van der Waals surface area (Å²) >= 11 is 0. The third-order valence-corrected chi connectivity index (χ3v) is 1.53. The van der Waals surface area contributed by atoms with Crippen LogP contribution in [0.5, 0.6) is 0 Å². The van der Waals surface area contributed by atoms with Crippen molar-refractivity contribution in [3.63, 3.8) is 0 Å². The second kappa shape index (κ2) is 5.09. The molecule has 0 saturated carbocycles. The Bertz CT molecular complexity index is 293. The Balaban J connectivity index is 2.44. The number of hydrogen-bond donors (Lipinski definition) is 0. The quantitative estimate of drug-likeness (QED) is 0.516. The first-order valence-electron chi connectivity index (χ1n) is 3.96. The van der Waals surface area contributed by atoms with Crippen LogP contribution in [0, 0.1) is 0 Å². The summed E-state index contributed by atoms with van der Waals surface area (Å²) in [7, 11) is 1.36. The Morgan fingerprint density at radius 2 is 2.54 bits per heavy atom. The van der Waals surface area contributed by atoms with Gasteiger partial charge in [-0.05, 0) is 18.1 Å². The van der Waals surface area contributed by atoms with Gasteiger partial charge in [-0.2, -0.15) is 0 Å². The molecule has 1 aromatic heterocycles. The van der Waals surface area contributed by atoms with E-state index in [0.717, 1.165) is 5.56 Å². The van der Waals surface area contributed by atoms with Gasteiger partial charge in [0.2, 0.25) is 0 Å². The maximum Gasteiger partial charge on any atom is 0.330 e. The molecule has 1 aromatic rings. The number of methoxy groups -OCH3 is 1. The average Bonchev–Trinajstić information content (AvgIpc) is 2.19. The zero-order valence-electron chi connectivity index (χ0n) is 7.43. The molecule has 0 bridgehead atoms. The van der Waals surface area contributed by atoms with Gasteiger partial charge in [0, 0.05) is 18.5 Å². The monoisotopic (exact) mass is 177 g/mol. The van der Waals surface area contributed by atoms with Gasteiger partial charge in [-0.15, -0.1) is 0 Å². The van der Waals surface area contributed by atoms with Gasteiger partial charge in [0.15, 0.2) is 0 Å². The highest BCUT2D eigenvalue weighted by molar-refractivity contribution is 5.81. The lowest BCUT2D eigenvalue weighted by molar-refractivity contribution is -0.134. The molecule has 3 heteroatoms. The zero-order chi connectivity index (χ0) is 9.52. The van der Waals surface area contributed by atoms with E-state index >= 15 is 0 Å². The molecule has 0 aliphatic carbocycles. The van der Waals surface area contributed by atoms with Crippen LogP contribution in [0.3, 0.4) is 0 Å². The van der Waals surface area contributed by atoms with E-state index in [1.54, 1.807) is 18.5 Å². The van der Waals surface area contributed by atoms with E-state index in [9.17, 15) is 4.79 Å². The van der Waals surface area contributed by atoms with Gasteiger partial charge in [-0.3, -0.25) is 4.98 Å². The molecule has 0 atom stereocenters. The third-order valence-electron chi connectivity index (χ3n) is 1.53. The number of pyridine rings is 1. The fourth-order valence-corrected chi connectivity index (χ4v) is 0.878. The number of carbonyl (C=O) groups excluding carboxylic acids is 1. The van der Waals surface area contributed by atoms with E-state index in [1.165, 1.54) is 13.2 Å². The van der Waals surface area contributed by atoms with Crippen molar-refractivity contribution in [1.29, 1.82) is 0 Å². The Morgan fingerprint density at radius 3 is 3.15 bits per heavy atom. The lowest BCUT2D eigenvalue weighted by Crippen LogP contribution is -1.94. The van der Waals surface area contributed by atoms with Crippen LogP contribution < -0.4 is 0 Å². The third kappa shape index (κ3) is 3.51. The zero-order valence-corrected chi connectivity index (χ0v) is 7.43. The largest absolute Gasteiger partial charge is 0.466 e. The van der Waals surface area contributed by atoms with Crippen molar-refractivity contribution in [3.05, 3.63) is 42.2 Å². The van der Waals surface area contributed by atoms with Gasteiger partial charge in [-0.1, -0.05) is 12.1 Å². The van der Waals surface area contributed by atoms with Crippen LogP contribution in [0.15, 0.2) is 36.7 Å². The highest BCUT2D eigenvalue weighted by Gasteiger charge is 1.90. The Hall–Kier alpha value is -1.64. The Labute approximate surface area is 77.1 Å². The molecule has 1 heterocycles. The number of nitrogens with zero attached hydrogens (tertiary/aromatic N) is 1. The van der Waals surface area contributed by atoms with Crippen LogP contribution in [0.25, 0.3) is 0 Å². The maximum atomic E-state index is 10.7. The summed E-state index contributed by atoms with van der Waals surface area (Å²) in [6.45, 7) is 0. The summed E-state index contributed by atoms with van der Waals surface area (Å²) in [5, 5.41) is 0. The molecule has 1 rings (SSSR count). The number of carbonyl (C=O) groups is 1. The maximum absolute atomic E-state index is 10.7.